The standard InChI is InChI=1S/C9H12N4O/c1-5(2)14-8-6-3-4-11-7(6)12-9(10)13-8/h3-5H,1-2H3,(H3,10,11,12,13). The number of aromatic amines is 1. The molecule has 0 aliphatic carbocycles. The summed E-state index contributed by atoms with van der Waals surface area (Å²) in [6.07, 6.45) is 1.86. The van der Waals surface area contributed by atoms with Crippen LogP contribution in [-0.4, -0.2) is 21.1 Å². The Kier molecular flexibility index (Phi) is 1.99. The number of ether oxygens (including phenoxy) is 1. The van der Waals surface area contributed by atoms with Crippen LogP contribution in [0.2, 0.25) is 0 Å². The van der Waals surface area contributed by atoms with Crippen molar-refractivity contribution in [3.8, 4) is 5.88 Å². The first-order chi connectivity index (χ1) is 6.66. The Balaban J connectivity index is 2.55. The molecule has 0 bridgehead atoms. The minimum absolute atomic E-state index is 0.0717. The van der Waals surface area contributed by atoms with E-state index < -0.39 is 0 Å². The molecule has 0 atom stereocenters. The molecule has 3 N–H and O–H groups in total. The molecule has 5 nitrogen and oxygen atoms in total. The number of rotatable bonds is 2. The molecule has 0 fully saturated rings. The van der Waals surface area contributed by atoms with E-state index in [4.69, 9.17) is 10.5 Å². The average Bonchev–Trinajstić information content (AvgIpc) is 2.50. The normalized spacial score (nSPS) is 11.1. The molecule has 2 aromatic rings. The van der Waals surface area contributed by atoms with Crippen LogP contribution in [0, 0.1) is 0 Å². The van der Waals surface area contributed by atoms with E-state index in [0.29, 0.717) is 11.5 Å². The number of aromatic nitrogens is 3. The second-order valence-corrected chi connectivity index (χ2v) is 3.29. The van der Waals surface area contributed by atoms with E-state index in [2.05, 4.69) is 15.0 Å². The van der Waals surface area contributed by atoms with Gasteiger partial charge in [-0.15, -0.1) is 0 Å². The van der Waals surface area contributed by atoms with Gasteiger partial charge in [-0.1, -0.05) is 0 Å². The Morgan fingerprint density at radius 2 is 2.21 bits per heavy atom. The van der Waals surface area contributed by atoms with Gasteiger partial charge in [-0.3, -0.25) is 0 Å². The van der Waals surface area contributed by atoms with Gasteiger partial charge in [-0.05, 0) is 19.9 Å². The van der Waals surface area contributed by atoms with Gasteiger partial charge < -0.3 is 15.5 Å². The maximum atomic E-state index is 5.54. The van der Waals surface area contributed by atoms with E-state index in [1.807, 2.05) is 19.9 Å². The SMILES string of the molecule is CC(C)Oc1nc(N)nc2[nH]ccc12. The zero-order chi connectivity index (χ0) is 10.1. The Bertz CT molecular complexity index is 449. The fourth-order valence-electron chi connectivity index (χ4n) is 1.24. The topological polar surface area (TPSA) is 76.8 Å². The van der Waals surface area contributed by atoms with Crippen molar-refractivity contribution in [2.75, 3.05) is 5.73 Å². The van der Waals surface area contributed by atoms with E-state index in [0.717, 1.165) is 5.39 Å². The van der Waals surface area contributed by atoms with Crippen molar-refractivity contribution in [1.29, 1.82) is 0 Å². The predicted molar refractivity (Wildman–Crippen MR) is 54.1 cm³/mol. The highest BCUT2D eigenvalue weighted by molar-refractivity contribution is 5.81. The molecule has 14 heavy (non-hydrogen) atoms. The van der Waals surface area contributed by atoms with Gasteiger partial charge >= 0.3 is 0 Å². The molecular formula is C9H12N4O. The molecule has 0 spiro atoms. The van der Waals surface area contributed by atoms with E-state index in [-0.39, 0.29) is 12.1 Å². The summed E-state index contributed by atoms with van der Waals surface area (Å²) < 4.78 is 5.52. The van der Waals surface area contributed by atoms with Crippen LogP contribution in [0.4, 0.5) is 5.95 Å². The van der Waals surface area contributed by atoms with Crippen molar-refractivity contribution in [3.05, 3.63) is 12.3 Å². The number of hydrogen-bond acceptors (Lipinski definition) is 4. The monoisotopic (exact) mass is 192 g/mol. The lowest BCUT2D eigenvalue weighted by atomic mass is 10.4. The average molecular weight is 192 g/mol. The van der Waals surface area contributed by atoms with Crippen molar-refractivity contribution in [1.82, 2.24) is 15.0 Å². The zero-order valence-electron chi connectivity index (χ0n) is 8.11. The molecule has 0 aromatic carbocycles. The predicted octanol–water partition coefficient (Wildman–Crippen LogP) is 1.33. The van der Waals surface area contributed by atoms with E-state index in [1.165, 1.54) is 0 Å². The summed E-state index contributed by atoms with van der Waals surface area (Å²) >= 11 is 0. The highest BCUT2D eigenvalue weighted by Gasteiger charge is 2.09. The number of fused-ring (bicyclic) bond motifs is 1. The van der Waals surface area contributed by atoms with Gasteiger partial charge in [0, 0.05) is 6.20 Å². The van der Waals surface area contributed by atoms with Crippen LogP contribution in [0.5, 0.6) is 5.88 Å². The molecular weight excluding hydrogens is 180 g/mol. The molecule has 74 valence electrons. The Labute approximate surface area is 81.3 Å². The van der Waals surface area contributed by atoms with Crippen LogP contribution >= 0.6 is 0 Å². The lowest BCUT2D eigenvalue weighted by molar-refractivity contribution is 0.236. The third kappa shape index (κ3) is 1.48. The smallest absolute Gasteiger partial charge is 0.228 e. The van der Waals surface area contributed by atoms with Gasteiger partial charge in [0.2, 0.25) is 11.8 Å². The number of nitrogen functional groups attached to an aromatic ring is 1. The largest absolute Gasteiger partial charge is 0.474 e. The Hall–Kier alpha value is -1.78. The summed E-state index contributed by atoms with van der Waals surface area (Å²) in [6, 6.07) is 1.87. The molecule has 0 aliphatic heterocycles. The third-order valence-corrected chi connectivity index (χ3v) is 1.75. The zero-order valence-corrected chi connectivity index (χ0v) is 8.11. The Morgan fingerprint density at radius 1 is 1.43 bits per heavy atom. The second kappa shape index (κ2) is 3.17. The van der Waals surface area contributed by atoms with Crippen LogP contribution in [0.25, 0.3) is 11.0 Å². The Morgan fingerprint density at radius 3 is 2.93 bits per heavy atom. The van der Waals surface area contributed by atoms with Crippen LogP contribution in [0.15, 0.2) is 12.3 Å². The van der Waals surface area contributed by atoms with Gasteiger partial charge in [0.25, 0.3) is 0 Å². The van der Waals surface area contributed by atoms with Gasteiger partial charge in [0.05, 0.1) is 11.5 Å². The van der Waals surface area contributed by atoms with Gasteiger partial charge in [0.15, 0.2) is 0 Å². The first-order valence-electron chi connectivity index (χ1n) is 4.44. The lowest BCUT2D eigenvalue weighted by Gasteiger charge is -2.09. The van der Waals surface area contributed by atoms with Crippen molar-refractivity contribution >= 4 is 17.0 Å². The molecule has 0 radical (unpaired) electrons. The summed E-state index contributed by atoms with van der Waals surface area (Å²) in [5, 5.41) is 0.855. The highest BCUT2D eigenvalue weighted by atomic mass is 16.5. The third-order valence-electron chi connectivity index (χ3n) is 1.75. The first-order valence-corrected chi connectivity index (χ1v) is 4.44. The number of nitrogens with two attached hydrogens (primary N) is 1. The molecule has 2 heterocycles. The summed E-state index contributed by atoms with van der Waals surface area (Å²) in [4.78, 5) is 11.0. The minimum Gasteiger partial charge on any atom is -0.474 e. The highest BCUT2D eigenvalue weighted by Crippen LogP contribution is 2.22. The molecule has 0 unspecified atom stereocenters. The number of H-pyrrole nitrogens is 1. The summed E-state index contributed by atoms with van der Waals surface area (Å²) in [5.74, 6) is 0.749. The molecule has 0 saturated heterocycles. The quantitative estimate of drug-likeness (QED) is 0.752. The number of hydrogen-bond donors (Lipinski definition) is 2. The summed E-state index contributed by atoms with van der Waals surface area (Å²) in [5.41, 5.74) is 6.24. The molecule has 0 aliphatic rings. The van der Waals surface area contributed by atoms with Gasteiger partial charge in [0.1, 0.15) is 5.65 Å². The first kappa shape index (κ1) is 8.80. The van der Waals surface area contributed by atoms with E-state index in [1.54, 1.807) is 6.20 Å². The molecule has 0 amide bonds. The van der Waals surface area contributed by atoms with E-state index in [9.17, 15) is 0 Å². The van der Waals surface area contributed by atoms with Crippen LogP contribution in [-0.2, 0) is 0 Å². The summed E-state index contributed by atoms with van der Waals surface area (Å²) in [6.45, 7) is 3.88. The molecule has 5 heteroatoms. The summed E-state index contributed by atoms with van der Waals surface area (Å²) in [7, 11) is 0. The second-order valence-electron chi connectivity index (χ2n) is 3.29. The van der Waals surface area contributed by atoms with Crippen molar-refractivity contribution < 1.29 is 4.74 Å². The number of nitrogens with zero attached hydrogens (tertiary/aromatic N) is 2. The van der Waals surface area contributed by atoms with Crippen molar-refractivity contribution in [2.45, 2.75) is 20.0 Å². The number of anilines is 1. The van der Waals surface area contributed by atoms with Crippen LogP contribution < -0.4 is 10.5 Å². The fourth-order valence-corrected chi connectivity index (χ4v) is 1.24. The molecule has 0 saturated carbocycles. The van der Waals surface area contributed by atoms with Gasteiger partial charge in [-0.2, -0.15) is 9.97 Å². The lowest BCUT2D eigenvalue weighted by Crippen LogP contribution is -2.08. The molecule has 2 aromatic heterocycles. The maximum Gasteiger partial charge on any atom is 0.228 e. The van der Waals surface area contributed by atoms with Crippen molar-refractivity contribution in [2.24, 2.45) is 0 Å². The van der Waals surface area contributed by atoms with Crippen molar-refractivity contribution in [3.63, 3.8) is 0 Å². The molecule has 2 rings (SSSR count). The van der Waals surface area contributed by atoms with Gasteiger partial charge in [-0.25, -0.2) is 0 Å². The fraction of sp³-hybridized carbons (Fsp3) is 0.333. The minimum atomic E-state index is 0.0717. The van der Waals surface area contributed by atoms with E-state index >= 15 is 0 Å². The number of nitrogens with one attached hydrogen (secondary N) is 1. The maximum absolute atomic E-state index is 5.54. The van der Waals surface area contributed by atoms with Crippen LogP contribution in [0.3, 0.4) is 0 Å². The van der Waals surface area contributed by atoms with Crippen LogP contribution in [0.1, 0.15) is 13.8 Å².